The minimum atomic E-state index is -0.341. The minimum Gasteiger partial charge on any atom is -0.490 e. The first kappa shape index (κ1) is 24.9. The lowest BCUT2D eigenvalue weighted by Gasteiger charge is -2.26. The molecule has 1 heterocycles. The van der Waals surface area contributed by atoms with Gasteiger partial charge < -0.3 is 30.3 Å². The molecule has 0 atom stereocenters. The maximum Gasteiger partial charge on any atom is 0.319 e. The second kappa shape index (κ2) is 12.5. The van der Waals surface area contributed by atoms with Gasteiger partial charge in [-0.3, -0.25) is 9.59 Å². The standard InChI is InChI=1S/C25H32N4O5/c1-3-26-25(32)28-20-10-8-9-19(16-20)27-24(31)18-11-12-21(22(15-18)33-4-2)34-17-23(30)29-13-6-5-7-14-29/h8-12,15-16H,3-7,13-14,17H2,1-2H3,(H,27,31)(H2,26,28,32). The van der Waals surface area contributed by atoms with Gasteiger partial charge in [-0.25, -0.2) is 4.79 Å². The predicted octanol–water partition coefficient (Wildman–Crippen LogP) is 3.87. The Hall–Kier alpha value is -3.75. The Labute approximate surface area is 199 Å². The van der Waals surface area contributed by atoms with Crippen molar-refractivity contribution >= 4 is 29.2 Å². The highest BCUT2D eigenvalue weighted by atomic mass is 16.5. The first-order chi connectivity index (χ1) is 16.5. The van der Waals surface area contributed by atoms with Gasteiger partial charge >= 0.3 is 6.03 Å². The molecule has 1 aliphatic rings. The molecule has 34 heavy (non-hydrogen) atoms. The van der Waals surface area contributed by atoms with Crippen LogP contribution in [0.25, 0.3) is 0 Å². The molecule has 0 aliphatic carbocycles. The van der Waals surface area contributed by atoms with Gasteiger partial charge in [0.25, 0.3) is 11.8 Å². The van der Waals surface area contributed by atoms with Crippen molar-refractivity contribution in [1.29, 1.82) is 0 Å². The van der Waals surface area contributed by atoms with E-state index in [-0.39, 0.29) is 24.5 Å². The van der Waals surface area contributed by atoms with Crippen molar-refractivity contribution in [1.82, 2.24) is 10.2 Å². The van der Waals surface area contributed by atoms with Crippen LogP contribution in [0.1, 0.15) is 43.5 Å². The topological polar surface area (TPSA) is 109 Å². The van der Waals surface area contributed by atoms with Crippen LogP contribution >= 0.6 is 0 Å². The summed E-state index contributed by atoms with van der Waals surface area (Å²) in [5.41, 5.74) is 1.46. The highest BCUT2D eigenvalue weighted by molar-refractivity contribution is 6.05. The van der Waals surface area contributed by atoms with Crippen molar-refractivity contribution in [3.05, 3.63) is 48.0 Å². The Morgan fingerprint density at radius 3 is 2.32 bits per heavy atom. The summed E-state index contributed by atoms with van der Waals surface area (Å²) >= 11 is 0. The summed E-state index contributed by atoms with van der Waals surface area (Å²) in [7, 11) is 0. The van der Waals surface area contributed by atoms with E-state index in [1.54, 1.807) is 42.5 Å². The third-order valence-corrected chi connectivity index (χ3v) is 5.28. The summed E-state index contributed by atoms with van der Waals surface area (Å²) in [5.74, 6) is 0.419. The molecule has 182 valence electrons. The van der Waals surface area contributed by atoms with Gasteiger partial charge in [0.15, 0.2) is 18.1 Å². The van der Waals surface area contributed by atoms with Crippen LogP contribution in [-0.2, 0) is 4.79 Å². The summed E-state index contributed by atoms with van der Waals surface area (Å²) in [5, 5.41) is 8.18. The quantitative estimate of drug-likeness (QED) is 0.518. The Bertz CT molecular complexity index is 1000. The van der Waals surface area contributed by atoms with E-state index >= 15 is 0 Å². The van der Waals surface area contributed by atoms with Crippen molar-refractivity contribution in [2.24, 2.45) is 0 Å². The molecule has 3 rings (SSSR count). The predicted molar refractivity (Wildman–Crippen MR) is 131 cm³/mol. The highest BCUT2D eigenvalue weighted by Crippen LogP contribution is 2.29. The number of nitrogens with zero attached hydrogens (tertiary/aromatic N) is 1. The zero-order valence-electron chi connectivity index (χ0n) is 19.7. The zero-order chi connectivity index (χ0) is 24.3. The number of amides is 4. The maximum absolute atomic E-state index is 12.8. The fraction of sp³-hybridized carbons (Fsp3) is 0.400. The van der Waals surface area contributed by atoms with Crippen molar-refractivity contribution < 1.29 is 23.9 Å². The Kier molecular flexibility index (Phi) is 9.13. The average molecular weight is 469 g/mol. The summed E-state index contributed by atoms with van der Waals surface area (Å²) in [4.78, 5) is 38.8. The number of piperidine rings is 1. The number of ether oxygens (including phenoxy) is 2. The minimum absolute atomic E-state index is 0.0509. The lowest BCUT2D eigenvalue weighted by Crippen LogP contribution is -2.38. The number of carbonyl (C=O) groups excluding carboxylic acids is 3. The molecule has 9 nitrogen and oxygen atoms in total. The molecular formula is C25H32N4O5. The molecular weight excluding hydrogens is 436 g/mol. The van der Waals surface area contributed by atoms with Crippen LogP contribution in [0.3, 0.4) is 0 Å². The summed E-state index contributed by atoms with van der Waals surface area (Å²) in [6, 6.07) is 11.4. The van der Waals surface area contributed by atoms with E-state index in [0.717, 1.165) is 32.4 Å². The lowest BCUT2D eigenvalue weighted by atomic mass is 10.1. The van der Waals surface area contributed by atoms with E-state index in [2.05, 4.69) is 16.0 Å². The van der Waals surface area contributed by atoms with E-state index in [1.807, 2.05) is 18.7 Å². The van der Waals surface area contributed by atoms with Gasteiger partial charge in [0.1, 0.15) is 0 Å². The summed E-state index contributed by atoms with van der Waals surface area (Å²) in [6.45, 7) is 6.01. The molecule has 0 radical (unpaired) electrons. The van der Waals surface area contributed by atoms with Crippen LogP contribution in [0.15, 0.2) is 42.5 Å². The Balaban J connectivity index is 1.65. The molecule has 0 aromatic heterocycles. The molecule has 9 heteroatoms. The fourth-order valence-electron chi connectivity index (χ4n) is 3.62. The average Bonchev–Trinajstić information content (AvgIpc) is 2.84. The Morgan fingerprint density at radius 2 is 1.62 bits per heavy atom. The van der Waals surface area contributed by atoms with Crippen molar-refractivity contribution in [3.8, 4) is 11.5 Å². The van der Waals surface area contributed by atoms with Crippen LogP contribution < -0.4 is 25.4 Å². The molecule has 2 aromatic carbocycles. The van der Waals surface area contributed by atoms with Gasteiger partial charge in [-0.05, 0) is 69.5 Å². The Morgan fingerprint density at radius 1 is 0.882 bits per heavy atom. The molecule has 4 amide bonds. The second-order valence-electron chi connectivity index (χ2n) is 7.84. The summed E-state index contributed by atoms with van der Waals surface area (Å²) in [6.07, 6.45) is 3.19. The van der Waals surface area contributed by atoms with E-state index in [0.29, 0.717) is 41.6 Å². The van der Waals surface area contributed by atoms with Gasteiger partial charge in [-0.15, -0.1) is 0 Å². The van der Waals surface area contributed by atoms with Crippen molar-refractivity contribution in [3.63, 3.8) is 0 Å². The number of nitrogens with one attached hydrogen (secondary N) is 3. The van der Waals surface area contributed by atoms with Gasteiger partial charge in [-0.1, -0.05) is 6.07 Å². The number of hydrogen-bond acceptors (Lipinski definition) is 5. The first-order valence-corrected chi connectivity index (χ1v) is 11.6. The zero-order valence-corrected chi connectivity index (χ0v) is 19.7. The van der Waals surface area contributed by atoms with Gasteiger partial charge in [0, 0.05) is 36.6 Å². The number of hydrogen-bond donors (Lipinski definition) is 3. The SMILES string of the molecule is CCNC(=O)Nc1cccc(NC(=O)c2ccc(OCC(=O)N3CCCCC3)c(OCC)c2)c1. The normalized spacial score (nSPS) is 13.1. The molecule has 0 saturated carbocycles. The molecule has 1 saturated heterocycles. The third kappa shape index (κ3) is 7.13. The second-order valence-corrected chi connectivity index (χ2v) is 7.84. The fourth-order valence-corrected chi connectivity index (χ4v) is 3.62. The largest absolute Gasteiger partial charge is 0.490 e. The van der Waals surface area contributed by atoms with Crippen molar-refractivity contribution in [2.45, 2.75) is 33.1 Å². The van der Waals surface area contributed by atoms with E-state index in [9.17, 15) is 14.4 Å². The van der Waals surface area contributed by atoms with Gasteiger partial charge in [-0.2, -0.15) is 0 Å². The number of anilines is 2. The summed E-state index contributed by atoms with van der Waals surface area (Å²) < 4.78 is 11.4. The molecule has 0 unspecified atom stereocenters. The highest BCUT2D eigenvalue weighted by Gasteiger charge is 2.18. The molecule has 3 N–H and O–H groups in total. The smallest absolute Gasteiger partial charge is 0.319 e. The first-order valence-electron chi connectivity index (χ1n) is 11.6. The van der Waals surface area contributed by atoms with Crippen LogP contribution in [0.2, 0.25) is 0 Å². The maximum atomic E-state index is 12.8. The van der Waals surface area contributed by atoms with Crippen LogP contribution in [0.5, 0.6) is 11.5 Å². The molecule has 2 aromatic rings. The number of benzene rings is 2. The van der Waals surface area contributed by atoms with Gasteiger partial charge in [0.05, 0.1) is 6.61 Å². The van der Waals surface area contributed by atoms with Crippen molar-refractivity contribution in [2.75, 3.05) is 43.5 Å². The number of carbonyl (C=O) groups is 3. The monoisotopic (exact) mass is 468 g/mol. The molecule has 1 aliphatic heterocycles. The van der Waals surface area contributed by atoms with Crippen LogP contribution in [0.4, 0.5) is 16.2 Å². The van der Waals surface area contributed by atoms with E-state index in [4.69, 9.17) is 9.47 Å². The van der Waals surface area contributed by atoms with E-state index in [1.165, 1.54) is 0 Å². The number of likely N-dealkylation sites (tertiary alicyclic amines) is 1. The molecule has 0 spiro atoms. The third-order valence-electron chi connectivity index (χ3n) is 5.28. The number of rotatable bonds is 9. The lowest BCUT2D eigenvalue weighted by molar-refractivity contribution is -0.134. The van der Waals surface area contributed by atoms with Crippen LogP contribution in [0, 0.1) is 0 Å². The van der Waals surface area contributed by atoms with Crippen LogP contribution in [-0.4, -0.2) is 55.6 Å². The molecule has 1 fully saturated rings. The van der Waals surface area contributed by atoms with Gasteiger partial charge in [0.2, 0.25) is 0 Å². The molecule has 0 bridgehead atoms. The number of urea groups is 1. The van der Waals surface area contributed by atoms with E-state index < -0.39 is 0 Å².